The van der Waals surface area contributed by atoms with Crippen molar-refractivity contribution >= 4 is 51.7 Å². The second kappa shape index (κ2) is 11.1. The Morgan fingerprint density at radius 1 is 1.00 bits per heavy atom. The Labute approximate surface area is 178 Å². The summed E-state index contributed by atoms with van der Waals surface area (Å²) >= 11 is 6.01. The molecule has 1 amide bonds. The van der Waals surface area contributed by atoms with Crippen LogP contribution >= 0.6 is 11.6 Å². The molecule has 3 aromatic carbocycles. The molecule has 152 valence electrons. The van der Waals surface area contributed by atoms with Crippen LogP contribution in [0.5, 0.6) is 0 Å². The highest BCUT2D eigenvalue weighted by Gasteiger charge is 2.06. The molecule has 1 atom stereocenters. The number of anilines is 4. The van der Waals surface area contributed by atoms with Gasteiger partial charge in [-0.2, -0.15) is 0 Å². The van der Waals surface area contributed by atoms with E-state index in [1.165, 1.54) is 0 Å². The van der Waals surface area contributed by atoms with Crippen molar-refractivity contribution in [3.8, 4) is 0 Å². The Morgan fingerprint density at radius 3 is 2.21 bits per heavy atom. The van der Waals surface area contributed by atoms with Gasteiger partial charge in [0.15, 0.2) is 0 Å². The zero-order valence-electron chi connectivity index (χ0n) is 16.1. The molecule has 0 aromatic heterocycles. The van der Waals surface area contributed by atoms with Gasteiger partial charge in [0, 0.05) is 23.4 Å². The lowest BCUT2D eigenvalue weighted by Gasteiger charge is -2.08. The van der Waals surface area contributed by atoms with Crippen LogP contribution in [0.1, 0.15) is 5.56 Å². The largest absolute Gasteiger partial charge is 0.397 e. The van der Waals surface area contributed by atoms with Gasteiger partial charge >= 0.3 is 0 Å². The van der Waals surface area contributed by atoms with E-state index in [0.717, 1.165) is 16.9 Å². The van der Waals surface area contributed by atoms with Gasteiger partial charge in [-0.25, -0.2) is 4.21 Å². The Bertz CT molecular complexity index is 981. The molecule has 0 aliphatic heterocycles. The molecule has 0 aliphatic rings. The zero-order valence-corrected chi connectivity index (χ0v) is 17.7. The first kappa shape index (κ1) is 22.3. The van der Waals surface area contributed by atoms with Crippen molar-refractivity contribution in [2.75, 3.05) is 28.1 Å². The van der Waals surface area contributed by atoms with Gasteiger partial charge in [-0.1, -0.05) is 29.8 Å². The van der Waals surface area contributed by atoms with Crippen molar-refractivity contribution in [3.05, 3.63) is 77.3 Å². The molecule has 6 nitrogen and oxygen atoms in total. The molecular weight excluding hydrogens is 408 g/mol. The minimum absolute atomic E-state index is 0.586. The number of carbonyl (C=O) groups excluding carboxylic acids is 1. The number of aryl methyl sites for hydroxylation is 1. The number of halogens is 1. The summed E-state index contributed by atoms with van der Waals surface area (Å²) in [6.07, 6.45) is 0.606. The fraction of sp³-hybridized carbons (Fsp3) is 0.0952. The lowest BCUT2D eigenvalue weighted by atomic mass is 10.2. The highest BCUT2D eigenvalue weighted by atomic mass is 35.5. The molecule has 3 rings (SSSR count). The quantitative estimate of drug-likeness (QED) is 0.337. The molecule has 1 unspecified atom stereocenters. The molecule has 3 aromatic rings. The second-order valence-electron chi connectivity index (χ2n) is 5.96. The highest BCUT2D eigenvalue weighted by Crippen LogP contribution is 2.21. The van der Waals surface area contributed by atoms with Crippen LogP contribution in [0.4, 0.5) is 22.7 Å². The van der Waals surface area contributed by atoms with Gasteiger partial charge in [-0.05, 0) is 61.0 Å². The molecule has 0 radical (unpaired) electrons. The van der Waals surface area contributed by atoms with Crippen LogP contribution in [0.15, 0.2) is 71.6 Å². The summed E-state index contributed by atoms with van der Waals surface area (Å²) in [6.45, 7) is 1.89. The second-order valence-corrected chi connectivity index (χ2v) is 7.58. The average molecular weight is 431 g/mol. The molecule has 0 saturated heterocycles. The van der Waals surface area contributed by atoms with Crippen LogP contribution in [0.3, 0.4) is 0 Å². The van der Waals surface area contributed by atoms with Gasteiger partial charge in [0.05, 0.1) is 16.3 Å². The van der Waals surface area contributed by atoms with Crippen LogP contribution in [-0.4, -0.2) is 17.7 Å². The van der Waals surface area contributed by atoms with E-state index in [9.17, 15) is 9.00 Å². The standard InChI is InChI=1S/C14H13ClN2O2S.C7H10N2/c1-10-2-7-13(8-14(10)15)20(19)17-12-5-3-11(4-6-12)16-9-18;1-9-7-5-3-2-4-6(7)8/h2-9,17H,1H3,(H,16,18);2-5,9H,8H2,1H3. The molecule has 0 heterocycles. The molecule has 8 heteroatoms. The maximum absolute atomic E-state index is 12.2. The van der Waals surface area contributed by atoms with E-state index in [1.807, 2.05) is 44.3 Å². The van der Waals surface area contributed by atoms with Crippen molar-refractivity contribution in [3.63, 3.8) is 0 Å². The molecule has 0 saturated carbocycles. The third-order valence-corrected chi connectivity index (χ3v) is 5.42. The number of nitrogens with two attached hydrogens (primary N) is 1. The lowest BCUT2D eigenvalue weighted by Crippen LogP contribution is -2.05. The Balaban J connectivity index is 0.000000278. The van der Waals surface area contributed by atoms with Crippen molar-refractivity contribution < 1.29 is 9.00 Å². The number of hydrogen-bond acceptors (Lipinski definition) is 4. The molecule has 0 fully saturated rings. The van der Waals surface area contributed by atoms with Crippen molar-refractivity contribution in [1.29, 1.82) is 0 Å². The molecular formula is C21H23ClN4O2S. The molecule has 29 heavy (non-hydrogen) atoms. The maximum Gasteiger partial charge on any atom is 0.211 e. The van der Waals surface area contributed by atoms with Gasteiger partial charge < -0.3 is 21.1 Å². The normalized spacial score (nSPS) is 10.9. The van der Waals surface area contributed by atoms with E-state index < -0.39 is 11.0 Å². The number of rotatable bonds is 6. The summed E-state index contributed by atoms with van der Waals surface area (Å²) in [7, 11) is 0.465. The number of benzene rings is 3. The van der Waals surface area contributed by atoms with Crippen molar-refractivity contribution in [2.45, 2.75) is 11.8 Å². The van der Waals surface area contributed by atoms with E-state index in [2.05, 4.69) is 15.4 Å². The fourth-order valence-electron chi connectivity index (χ4n) is 2.28. The first-order valence-electron chi connectivity index (χ1n) is 8.71. The SMILES string of the molecule is CNc1ccccc1N.Cc1ccc(S(=O)Nc2ccc(NC=O)cc2)cc1Cl. The summed E-state index contributed by atoms with van der Waals surface area (Å²) in [6, 6.07) is 19.9. The molecule has 5 N–H and O–H groups in total. The Kier molecular flexibility index (Phi) is 8.51. The van der Waals surface area contributed by atoms with Gasteiger partial charge in [-0.3, -0.25) is 4.79 Å². The highest BCUT2D eigenvalue weighted by molar-refractivity contribution is 7.86. The topological polar surface area (TPSA) is 96.2 Å². The van der Waals surface area contributed by atoms with Crippen LogP contribution in [0.25, 0.3) is 0 Å². The van der Waals surface area contributed by atoms with Crippen LogP contribution in [0.2, 0.25) is 5.02 Å². The summed E-state index contributed by atoms with van der Waals surface area (Å²) in [5.41, 5.74) is 9.65. The number of nitrogens with one attached hydrogen (secondary N) is 3. The number of amides is 1. The minimum atomic E-state index is -1.39. The Morgan fingerprint density at radius 2 is 1.66 bits per heavy atom. The summed E-state index contributed by atoms with van der Waals surface area (Å²) in [5.74, 6) is 0. The van der Waals surface area contributed by atoms with E-state index >= 15 is 0 Å². The van der Waals surface area contributed by atoms with Gasteiger partial charge in [0.1, 0.15) is 11.0 Å². The van der Waals surface area contributed by atoms with Crippen LogP contribution in [-0.2, 0) is 15.8 Å². The van der Waals surface area contributed by atoms with E-state index in [-0.39, 0.29) is 0 Å². The number of carbonyl (C=O) groups is 1. The van der Waals surface area contributed by atoms with E-state index in [0.29, 0.717) is 27.7 Å². The number of nitrogen functional groups attached to an aromatic ring is 1. The minimum Gasteiger partial charge on any atom is -0.397 e. The fourth-order valence-corrected chi connectivity index (χ4v) is 3.41. The maximum atomic E-state index is 12.2. The monoisotopic (exact) mass is 430 g/mol. The molecule has 0 aliphatic carbocycles. The summed E-state index contributed by atoms with van der Waals surface area (Å²) in [4.78, 5) is 10.9. The van der Waals surface area contributed by atoms with Crippen LogP contribution in [0, 0.1) is 6.92 Å². The zero-order chi connectivity index (χ0) is 21.2. The van der Waals surface area contributed by atoms with Gasteiger partial charge in [-0.15, -0.1) is 0 Å². The summed E-state index contributed by atoms with van der Waals surface area (Å²) < 4.78 is 15.0. The van der Waals surface area contributed by atoms with Crippen molar-refractivity contribution in [1.82, 2.24) is 0 Å². The number of para-hydroxylation sites is 2. The first-order chi connectivity index (χ1) is 13.9. The van der Waals surface area contributed by atoms with Gasteiger partial charge in [0.25, 0.3) is 0 Å². The smallest absolute Gasteiger partial charge is 0.211 e. The van der Waals surface area contributed by atoms with E-state index in [1.54, 1.807) is 36.4 Å². The van der Waals surface area contributed by atoms with E-state index in [4.69, 9.17) is 17.3 Å². The third-order valence-electron chi connectivity index (χ3n) is 3.91. The number of hydrogen-bond donors (Lipinski definition) is 4. The molecule has 0 bridgehead atoms. The van der Waals surface area contributed by atoms with Gasteiger partial charge in [0.2, 0.25) is 6.41 Å². The summed E-state index contributed by atoms with van der Waals surface area (Å²) in [5, 5.41) is 6.09. The first-order valence-corrected chi connectivity index (χ1v) is 10.2. The molecule has 0 spiro atoms. The van der Waals surface area contributed by atoms with Crippen LogP contribution < -0.4 is 21.1 Å². The van der Waals surface area contributed by atoms with Crippen molar-refractivity contribution in [2.24, 2.45) is 0 Å². The predicted octanol–water partition coefficient (Wildman–Crippen LogP) is 4.66. The Hall–Kier alpha value is -3.03. The lowest BCUT2D eigenvalue weighted by molar-refractivity contribution is -0.105. The third kappa shape index (κ3) is 6.81. The average Bonchev–Trinajstić information content (AvgIpc) is 2.72. The predicted molar refractivity (Wildman–Crippen MR) is 123 cm³/mol.